The van der Waals surface area contributed by atoms with E-state index in [4.69, 9.17) is 10.8 Å². The summed E-state index contributed by atoms with van der Waals surface area (Å²) < 4.78 is 1.90. The number of hydrogen-bond donors (Lipinski definition) is 2. The van der Waals surface area contributed by atoms with Gasteiger partial charge in [-0.3, -0.25) is 4.68 Å². The normalized spacial score (nSPS) is 10.6. The average Bonchev–Trinajstić information content (AvgIpc) is 2.60. The van der Waals surface area contributed by atoms with Crippen LogP contribution in [-0.4, -0.2) is 21.5 Å². The number of aliphatic hydroxyl groups excluding tert-OH is 1. The number of aryl methyl sites for hydroxylation is 1. The Bertz CT molecular complexity index is 235. The maximum Gasteiger partial charge on any atom is 0.0534 e. The lowest BCUT2D eigenvalue weighted by Gasteiger charge is -1.99. The summed E-state index contributed by atoms with van der Waals surface area (Å²) in [6.07, 6.45) is 6.76. The Hall–Kier alpha value is -0.870. The maximum atomic E-state index is 8.57. The monoisotopic (exact) mass is 183 g/mol. The summed E-state index contributed by atoms with van der Waals surface area (Å²) in [5.41, 5.74) is 6.52. The van der Waals surface area contributed by atoms with E-state index >= 15 is 0 Å². The largest absolute Gasteiger partial charge is 0.396 e. The fourth-order valence-corrected chi connectivity index (χ4v) is 1.20. The van der Waals surface area contributed by atoms with E-state index < -0.39 is 0 Å². The van der Waals surface area contributed by atoms with Gasteiger partial charge in [-0.1, -0.05) is 0 Å². The van der Waals surface area contributed by atoms with Crippen molar-refractivity contribution in [1.29, 1.82) is 0 Å². The minimum atomic E-state index is 0.285. The topological polar surface area (TPSA) is 64.1 Å². The Morgan fingerprint density at radius 2 is 2.23 bits per heavy atom. The molecule has 3 N–H and O–H groups in total. The van der Waals surface area contributed by atoms with Crippen molar-refractivity contribution in [1.82, 2.24) is 9.78 Å². The number of nitrogens with zero attached hydrogens (tertiary/aromatic N) is 2. The molecule has 0 aliphatic rings. The molecule has 0 saturated carbocycles. The Morgan fingerprint density at radius 3 is 2.85 bits per heavy atom. The van der Waals surface area contributed by atoms with Crippen LogP contribution in [0.25, 0.3) is 0 Å². The van der Waals surface area contributed by atoms with Crippen LogP contribution >= 0.6 is 0 Å². The second kappa shape index (κ2) is 5.72. The molecular weight excluding hydrogens is 166 g/mol. The first-order valence-corrected chi connectivity index (χ1v) is 4.69. The van der Waals surface area contributed by atoms with Crippen molar-refractivity contribution in [2.24, 2.45) is 5.73 Å². The molecule has 0 radical (unpaired) electrons. The molecule has 0 saturated heterocycles. The third-order valence-electron chi connectivity index (χ3n) is 1.97. The van der Waals surface area contributed by atoms with E-state index in [1.165, 1.54) is 0 Å². The zero-order valence-corrected chi connectivity index (χ0v) is 7.82. The van der Waals surface area contributed by atoms with Crippen LogP contribution in [0.15, 0.2) is 12.4 Å². The molecule has 0 aliphatic heterocycles. The average molecular weight is 183 g/mol. The summed E-state index contributed by atoms with van der Waals surface area (Å²) in [5, 5.41) is 12.7. The predicted molar refractivity (Wildman–Crippen MR) is 51.1 cm³/mol. The highest BCUT2D eigenvalue weighted by Gasteiger charge is 1.95. The van der Waals surface area contributed by atoms with Gasteiger partial charge in [0, 0.05) is 31.5 Å². The van der Waals surface area contributed by atoms with Gasteiger partial charge in [0.2, 0.25) is 0 Å². The minimum Gasteiger partial charge on any atom is -0.396 e. The molecule has 74 valence electrons. The fourth-order valence-electron chi connectivity index (χ4n) is 1.20. The van der Waals surface area contributed by atoms with Gasteiger partial charge in [0.25, 0.3) is 0 Å². The van der Waals surface area contributed by atoms with E-state index in [0.29, 0.717) is 6.54 Å². The molecule has 1 aromatic rings. The van der Waals surface area contributed by atoms with Crippen molar-refractivity contribution >= 4 is 0 Å². The first kappa shape index (κ1) is 10.2. The minimum absolute atomic E-state index is 0.285. The highest BCUT2D eigenvalue weighted by Crippen LogP contribution is 2.00. The zero-order chi connectivity index (χ0) is 9.52. The summed E-state index contributed by atoms with van der Waals surface area (Å²) in [4.78, 5) is 0. The lowest BCUT2D eigenvalue weighted by molar-refractivity contribution is 0.281. The van der Waals surface area contributed by atoms with E-state index in [1.807, 2.05) is 10.9 Å². The van der Waals surface area contributed by atoms with Gasteiger partial charge in [-0.25, -0.2) is 0 Å². The van der Waals surface area contributed by atoms with Gasteiger partial charge in [-0.2, -0.15) is 5.10 Å². The van der Waals surface area contributed by atoms with Gasteiger partial charge >= 0.3 is 0 Å². The van der Waals surface area contributed by atoms with Crippen molar-refractivity contribution < 1.29 is 5.11 Å². The molecule has 0 bridgehead atoms. The highest BCUT2D eigenvalue weighted by atomic mass is 16.2. The van der Waals surface area contributed by atoms with Gasteiger partial charge in [0.15, 0.2) is 0 Å². The molecule has 1 aromatic heterocycles. The van der Waals surface area contributed by atoms with Crippen LogP contribution < -0.4 is 5.73 Å². The van der Waals surface area contributed by atoms with Crippen molar-refractivity contribution in [2.45, 2.75) is 32.4 Å². The Morgan fingerprint density at radius 1 is 1.38 bits per heavy atom. The van der Waals surface area contributed by atoms with Crippen LogP contribution in [0.1, 0.15) is 24.8 Å². The number of hydrogen-bond acceptors (Lipinski definition) is 3. The van der Waals surface area contributed by atoms with Crippen molar-refractivity contribution in [2.75, 3.05) is 6.61 Å². The van der Waals surface area contributed by atoms with Crippen LogP contribution in [0.4, 0.5) is 0 Å². The molecule has 0 aliphatic carbocycles. The SMILES string of the molecule is NCc1cnn(CCCCCO)c1. The molecule has 1 heterocycles. The third kappa shape index (κ3) is 3.57. The molecule has 4 heteroatoms. The summed E-state index contributed by atoms with van der Waals surface area (Å²) in [5.74, 6) is 0. The van der Waals surface area contributed by atoms with Crippen molar-refractivity contribution in [3.8, 4) is 0 Å². The van der Waals surface area contributed by atoms with Gasteiger partial charge < -0.3 is 10.8 Å². The van der Waals surface area contributed by atoms with Gasteiger partial charge in [-0.05, 0) is 19.3 Å². The van der Waals surface area contributed by atoms with Crippen LogP contribution in [-0.2, 0) is 13.1 Å². The molecule has 0 atom stereocenters. The van der Waals surface area contributed by atoms with Gasteiger partial charge in [0.1, 0.15) is 0 Å². The smallest absolute Gasteiger partial charge is 0.0534 e. The zero-order valence-electron chi connectivity index (χ0n) is 7.82. The molecule has 4 nitrogen and oxygen atoms in total. The lowest BCUT2D eigenvalue weighted by atomic mass is 10.2. The quantitative estimate of drug-likeness (QED) is 0.631. The molecule has 0 spiro atoms. The van der Waals surface area contributed by atoms with Crippen molar-refractivity contribution in [3.05, 3.63) is 18.0 Å². The lowest BCUT2D eigenvalue weighted by Crippen LogP contribution is -1.99. The summed E-state index contributed by atoms with van der Waals surface area (Å²) in [6.45, 7) is 1.75. The van der Waals surface area contributed by atoms with Crippen LogP contribution in [0.5, 0.6) is 0 Å². The Kier molecular flexibility index (Phi) is 4.49. The first-order chi connectivity index (χ1) is 6.36. The summed E-state index contributed by atoms with van der Waals surface area (Å²) in [7, 11) is 0. The van der Waals surface area contributed by atoms with E-state index in [9.17, 15) is 0 Å². The molecule has 13 heavy (non-hydrogen) atoms. The summed E-state index contributed by atoms with van der Waals surface area (Å²) in [6, 6.07) is 0. The number of aliphatic hydroxyl groups is 1. The molecule has 0 fully saturated rings. The first-order valence-electron chi connectivity index (χ1n) is 4.69. The Labute approximate surface area is 78.4 Å². The summed E-state index contributed by atoms with van der Waals surface area (Å²) >= 11 is 0. The predicted octanol–water partition coefficient (Wildman–Crippen LogP) is 0.504. The van der Waals surface area contributed by atoms with Crippen molar-refractivity contribution in [3.63, 3.8) is 0 Å². The Balaban J connectivity index is 2.20. The van der Waals surface area contributed by atoms with Crippen LogP contribution in [0, 0.1) is 0 Å². The third-order valence-corrected chi connectivity index (χ3v) is 1.97. The number of unbranched alkanes of at least 4 members (excludes halogenated alkanes) is 2. The molecule has 0 amide bonds. The number of aromatic nitrogens is 2. The molecule has 1 rings (SSSR count). The molecular formula is C9H17N3O. The molecule has 0 aromatic carbocycles. The van der Waals surface area contributed by atoms with Crippen LogP contribution in [0.2, 0.25) is 0 Å². The molecule has 0 unspecified atom stereocenters. The van der Waals surface area contributed by atoms with Gasteiger partial charge in [0.05, 0.1) is 6.20 Å². The standard InChI is InChI=1S/C9H17N3O/c10-6-9-7-11-12(8-9)4-2-1-3-5-13/h7-8,13H,1-6,10H2. The highest BCUT2D eigenvalue weighted by molar-refractivity contribution is 5.02. The van der Waals surface area contributed by atoms with E-state index in [1.54, 1.807) is 6.20 Å². The second-order valence-corrected chi connectivity index (χ2v) is 3.10. The van der Waals surface area contributed by atoms with E-state index in [-0.39, 0.29) is 6.61 Å². The second-order valence-electron chi connectivity index (χ2n) is 3.10. The van der Waals surface area contributed by atoms with Gasteiger partial charge in [-0.15, -0.1) is 0 Å². The fraction of sp³-hybridized carbons (Fsp3) is 0.667. The van der Waals surface area contributed by atoms with E-state index in [2.05, 4.69) is 5.10 Å². The van der Waals surface area contributed by atoms with E-state index in [0.717, 1.165) is 31.4 Å². The maximum absolute atomic E-state index is 8.57. The van der Waals surface area contributed by atoms with Crippen LogP contribution in [0.3, 0.4) is 0 Å². The number of nitrogens with two attached hydrogens (primary N) is 1. The number of rotatable bonds is 6.